The van der Waals surface area contributed by atoms with Gasteiger partial charge in [0.15, 0.2) is 5.60 Å². The largest absolute Gasteiger partial charge is 0.461 e. The van der Waals surface area contributed by atoms with E-state index in [9.17, 15) is 34.8 Å². The van der Waals surface area contributed by atoms with E-state index in [1.807, 2.05) is 0 Å². The third-order valence-electron chi connectivity index (χ3n) is 9.82. The van der Waals surface area contributed by atoms with Crippen molar-refractivity contribution in [2.24, 2.45) is 22.7 Å². The van der Waals surface area contributed by atoms with Crippen LogP contribution >= 0.6 is 0 Å². The zero-order chi connectivity index (χ0) is 27.9. The Hall–Kier alpha value is -1.85. The molecule has 4 rings (SSSR count). The van der Waals surface area contributed by atoms with Gasteiger partial charge in [0.2, 0.25) is 0 Å². The van der Waals surface area contributed by atoms with Gasteiger partial charge in [0.1, 0.15) is 24.1 Å². The maximum absolute atomic E-state index is 12.7. The molecule has 10 unspecified atom stereocenters. The second-order valence-corrected chi connectivity index (χ2v) is 12.3. The number of carbonyl (C=O) groups is 3. The van der Waals surface area contributed by atoms with E-state index in [1.54, 1.807) is 13.8 Å². The minimum absolute atomic E-state index is 0.0482. The number of hydrogen-bond donors (Lipinski definition) is 4. The first-order valence-corrected chi connectivity index (χ1v) is 12.9. The Labute approximate surface area is 217 Å². The van der Waals surface area contributed by atoms with Crippen LogP contribution in [0.25, 0.3) is 0 Å². The molecule has 37 heavy (non-hydrogen) atoms. The summed E-state index contributed by atoms with van der Waals surface area (Å²) in [4.78, 5) is 37.5. The lowest BCUT2D eigenvalue weighted by Gasteiger charge is -2.66. The Balaban J connectivity index is 2.12. The molecule has 3 fully saturated rings. The van der Waals surface area contributed by atoms with Crippen molar-refractivity contribution in [3.63, 3.8) is 0 Å². The predicted octanol–water partition coefficient (Wildman–Crippen LogP) is 0.814. The zero-order valence-electron chi connectivity index (χ0n) is 22.6. The minimum Gasteiger partial charge on any atom is -0.461 e. The number of aliphatic hydroxyl groups excluding tert-OH is 3. The number of rotatable bonds is 5. The normalized spacial score (nSPS) is 45.1. The average Bonchev–Trinajstić information content (AvgIpc) is 2.99. The van der Waals surface area contributed by atoms with Crippen molar-refractivity contribution < 1.29 is 49.0 Å². The quantitative estimate of drug-likeness (QED) is 0.299. The molecule has 1 saturated heterocycles. The minimum atomic E-state index is -1.67. The number of carbonyl (C=O) groups excluding carboxylic acids is 3. The van der Waals surface area contributed by atoms with Gasteiger partial charge in [0, 0.05) is 25.7 Å². The van der Waals surface area contributed by atoms with E-state index < -0.39 is 76.3 Å². The van der Waals surface area contributed by atoms with E-state index in [0.717, 1.165) is 0 Å². The van der Waals surface area contributed by atoms with E-state index in [4.69, 9.17) is 14.2 Å². The van der Waals surface area contributed by atoms with E-state index in [2.05, 4.69) is 0 Å². The van der Waals surface area contributed by atoms with Crippen molar-refractivity contribution in [1.29, 1.82) is 0 Å². The molecule has 2 saturated carbocycles. The molecule has 1 aliphatic heterocycles. The fourth-order valence-corrected chi connectivity index (χ4v) is 8.22. The maximum Gasteiger partial charge on any atom is 0.303 e. The summed E-state index contributed by atoms with van der Waals surface area (Å²) in [5.74, 6) is -2.94. The Morgan fingerprint density at radius 1 is 1.11 bits per heavy atom. The van der Waals surface area contributed by atoms with Gasteiger partial charge in [-0.15, -0.1) is 0 Å². The molecule has 0 aromatic heterocycles. The van der Waals surface area contributed by atoms with Gasteiger partial charge in [0.25, 0.3) is 0 Å². The molecule has 10 atom stereocenters. The van der Waals surface area contributed by atoms with Crippen molar-refractivity contribution in [2.75, 3.05) is 6.61 Å². The van der Waals surface area contributed by atoms with Crippen molar-refractivity contribution in [3.8, 4) is 0 Å². The molecule has 0 bridgehead atoms. The number of esters is 2. The SMILES string of the molecule is CC(=O)CC1CC2OCC2(OC(C)=O)C2C(OC(C)=O)C3(C(C)(C)O)CC(O)C(C)=C3C(O)C(O)C12C. The average molecular weight is 525 g/mol. The highest BCUT2D eigenvalue weighted by molar-refractivity contribution is 5.76. The highest BCUT2D eigenvalue weighted by Gasteiger charge is 2.78. The van der Waals surface area contributed by atoms with Crippen LogP contribution in [0.15, 0.2) is 11.1 Å². The molecule has 0 amide bonds. The molecular formula is C27H40O10. The molecule has 0 aromatic rings. The molecule has 0 radical (unpaired) electrons. The standard InChI is InChI=1S/C27H40O10/c1-12(28)8-16-9-18-27(11-35-18,37-15(4)30)21-23(36-14(3)29)26(24(5,6)34)10-17(31)13(2)19(26)20(32)22(33)25(16,21)7/h16-18,20-23,31-34H,8-11H2,1-7H3. The van der Waals surface area contributed by atoms with Crippen molar-refractivity contribution >= 4 is 17.7 Å². The Kier molecular flexibility index (Phi) is 6.73. The molecule has 3 aliphatic carbocycles. The monoisotopic (exact) mass is 524 g/mol. The fraction of sp³-hybridized carbons (Fsp3) is 0.815. The number of aliphatic hydroxyl groups is 4. The van der Waals surface area contributed by atoms with Crippen LogP contribution in [0.5, 0.6) is 0 Å². The van der Waals surface area contributed by atoms with Crippen LogP contribution in [0, 0.1) is 22.7 Å². The highest BCUT2D eigenvalue weighted by Crippen LogP contribution is 2.69. The first-order valence-electron chi connectivity index (χ1n) is 12.9. The molecule has 0 spiro atoms. The van der Waals surface area contributed by atoms with Gasteiger partial charge in [0.05, 0.1) is 35.7 Å². The summed E-state index contributed by atoms with van der Waals surface area (Å²) in [7, 11) is 0. The smallest absolute Gasteiger partial charge is 0.303 e. The molecule has 1 heterocycles. The van der Waals surface area contributed by atoms with Gasteiger partial charge in [-0.2, -0.15) is 0 Å². The molecular weight excluding hydrogens is 484 g/mol. The molecule has 10 heteroatoms. The van der Waals surface area contributed by atoms with Gasteiger partial charge < -0.3 is 39.4 Å². The summed E-state index contributed by atoms with van der Waals surface area (Å²) in [5.41, 5.74) is -5.31. The van der Waals surface area contributed by atoms with Crippen LogP contribution in [0.4, 0.5) is 0 Å². The maximum atomic E-state index is 12.7. The summed E-state index contributed by atoms with van der Waals surface area (Å²) in [6, 6.07) is 0. The Bertz CT molecular complexity index is 1030. The lowest BCUT2D eigenvalue weighted by atomic mass is 9.47. The first kappa shape index (κ1) is 28.2. The van der Waals surface area contributed by atoms with E-state index in [1.165, 1.54) is 34.6 Å². The summed E-state index contributed by atoms with van der Waals surface area (Å²) >= 11 is 0. The Morgan fingerprint density at radius 2 is 1.73 bits per heavy atom. The van der Waals surface area contributed by atoms with Crippen molar-refractivity contribution in [2.45, 2.75) is 109 Å². The van der Waals surface area contributed by atoms with Crippen LogP contribution in [0.3, 0.4) is 0 Å². The summed E-state index contributed by atoms with van der Waals surface area (Å²) in [6.45, 7) is 10.2. The van der Waals surface area contributed by atoms with Gasteiger partial charge in [-0.3, -0.25) is 9.59 Å². The predicted molar refractivity (Wildman–Crippen MR) is 129 cm³/mol. The lowest BCUT2D eigenvalue weighted by molar-refractivity contribution is -0.346. The van der Waals surface area contributed by atoms with Crippen LogP contribution in [0.2, 0.25) is 0 Å². The van der Waals surface area contributed by atoms with Crippen LogP contribution < -0.4 is 0 Å². The molecule has 0 aromatic carbocycles. The fourth-order valence-electron chi connectivity index (χ4n) is 8.22. The molecule has 10 nitrogen and oxygen atoms in total. The highest BCUT2D eigenvalue weighted by atomic mass is 16.6. The van der Waals surface area contributed by atoms with Gasteiger partial charge in [-0.05, 0) is 57.6 Å². The van der Waals surface area contributed by atoms with Crippen LogP contribution in [-0.2, 0) is 28.6 Å². The molecule has 4 N–H and O–H groups in total. The topological polar surface area (TPSA) is 160 Å². The van der Waals surface area contributed by atoms with Gasteiger partial charge in [-0.25, -0.2) is 0 Å². The number of fused-ring (bicyclic) bond motifs is 4. The van der Waals surface area contributed by atoms with Crippen LogP contribution in [0.1, 0.15) is 67.7 Å². The number of ketones is 1. The number of ether oxygens (including phenoxy) is 3. The van der Waals surface area contributed by atoms with Crippen molar-refractivity contribution in [3.05, 3.63) is 11.1 Å². The lowest BCUT2D eigenvalue weighted by Crippen LogP contribution is -2.77. The first-order chi connectivity index (χ1) is 16.9. The molecule has 4 aliphatic rings. The van der Waals surface area contributed by atoms with Gasteiger partial charge >= 0.3 is 11.9 Å². The summed E-state index contributed by atoms with van der Waals surface area (Å²) in [5, 5.41) is 46.5. The number of hydrogen-bond acceptors (Lipinski definition) is 10. The zero-order valence-corrected chi connectivity index (χ0v) is 22.6. The third kappa shape index (κ3) is 3.74. The summed E-state index contributed by atoms with van der Waals surface area (Å²) in [6.07, 6.45) is -5.82. The van der Waals surface area contributed by atoms with Gasteiger partial charge in [-0.1, -0.05) is 6.92 Å². The van der Waals surface area contributed by atoms with E-state index >= 15 is 0 Å². The second-order valence-electron chi connectivity index (χ2n) is 12.3. The van der Waals surface area contributed by atoms with E-state index in [-0.39, 0.29) is 37.2 Å². The second kappa shape index (κ2) is 8.84. The van der Waals surface area contributed by atoms with Crippen LogP contribution in [-0.4, -0.2) is 86.5 Å². The molecule has 208 valence electrons. The Morgan fingerprint density at radius 3 is 2.19 bits per heavy atom. The summed E-state index contributed by atoms with van der Waals surface area (Å²) < 4.78 is 17.9. The van der Waals surface area contributed by atoms with E-state index in [0.29, 0.717) is 5.57 Å². The number of Topliss-reactive ketones (excluding diaryl/α,β-unsaturated/α-hetero) is 1. The van der Waals surface area contributed by atoms with Crippen molar-refractivity contribution in [1.82, 2.24) is 0 Å². The third-order valence-corrected chi connectivity index (χ3v) is 9.82.